The van der Waals surface area contributed by atoms with Crippen LogP contribution in [0.1, 0.15) is 34.3 Å². The quantitative estimate of drug-likeness (QED) is 0.881. The van der Waals surface area contributed by atoms with Crippen LogP contribution in [0.3, 0.4) is 0 Å². The molecule has 1 aliphatic heterocycles. The molecule has 1 fully saturated rings. The van der Waals surface area contributed by atoms with Gasteiger partial charge in [-0.1, -0.05) is 0 Å². The van der Waals surface area contributed by atoms with E-state index in [1.165, 1.54) is 11.0 Å². The molecule has 0 atom stereocenters. The molecule has 1 aromatic rings. The standard InChI is InChI=1S/C15H18N2O4/c1-9-6-11(7-12(10(9)2)15(20)21)16-13(18)8-17-5-3-4-14(17)19/h6-7H,3-5,8H2,1-2H3,(H,16,18)(H,20,21). The van der Waals surface area contributed by atoms with Gasteiger partial charge in [-0.2, -0.15) is 0 Å². The molecule has 6 heteroatoms. The van der Waals surface area contributed by atoms with Crippen LogP contribution in [0, 0.1) is 13.8 Å². The van der Waals surface area contributed by atoms with Crippen LogP contribution in [0.15, 0.2) is 12.1 Å². The Morgan fingerprint density at radius 2 is 2.05 bits per heavy atom. The molecule has 1 heterocycles. The van der Waals surface area contributed by atoms with Gasteiger partial charge in [0.25, 0.3) is 0 Å². The number of carboxylic acid groups (broad SMARTS) is 1. The first kappa shape index (κ1) is 15.0. The Hall–Kier alpha value is -2.37. The number of aromatic carboxylic acids is 1. The maximum atomic E-state index is 11.9. The molecule has 1 aliphatic rings. The summed E-state index contributed by atoms with van der Waals surface area (Å²) in [6.45, 7) is 4.13. The second-order valence-corrected chi connectivity index (χ2v) is 5.24. The van der Waals surface area contributed by atoms with E-state index in [4.69, 9.17) is 5.11 Å². The number of aryl methyl sites for hydroxylation is 1. The van der Waals surface area contributed by atoms with E-state index in [0.717, 1.165) is 12.0 Å². The van der Waals surface area contributed by atoms with Crippen molar-refractivity contribution in [2.75, 3.05) is 18.4 Å². The van der Waals surface area contributed by atoms with Crippen LogP contribution in [-0.4, -0.2) is 40.9 Å². The summed E-state index contributed by atoms with van der Waals surface area (Å²) in [5.74, 6) is -1.36. The van der Waals surface area contributed by atoms with Crippen LogP contribution in [0.25, 0.3) is 0 Å². The largest absolute Gasteiger partial charge is 0.478 e. The van der Waals surface area contributed by atoms with Crippen molar-refractivity contribution < 1.29 is 19.5 Å². The molecule has 2 rings (SSSR count). The fraction of sp³-hybridized carbons (Fsp3) is 0.400. The summed E-state index contributed by atoms with van der Waals surface area (Å²) in [5, 5.41) is 11.8. The zero-order chi connectivity index (χ0) is 15.6. The number of hydrogen-bond donors (Lipinski definition) is 2. The first-order valence-corrected chi connectivity index (χ1v) is 6.80. The molecule has 2 amide bonds. The van der Waals surface area contributed by atoms with Crippen molar-refractivity contribution in [3.63, 3.8) is 0 Å². The monoisotopic (exact) mass is 290 g/mol. The summed E-state index contributed by atoms with van der Waals surface area (Å²) in [7, 11) is 0. The zero-order valence-corrected chi connectivity index (χ0v) is 12.1. The highest BCUT2D eigenvalue weighted by Gasteiger charge is 2.22. The van der Waals surface area contributed by atoms with Gasteiger partial charge in [-0.15, -0.1) is 0 Å². The maximum Gasteiger partial charge on any atom is 0.336 e. The van der Waals surface area contributed by atoms with E-state index in [-0.39, 0.29) is 23.9 Å². The van der Waals surface area contributed by atoms with Crippen molar-refractivity contribution in [2.45, 2.75) is 26.7 Å². The summed E-state index contributed by atoms with van der Waals surface area (Å²) < 4.78 is 0. The highest BCUT2D eigenvalue weighted by molar-refractivity contribution is 5.97. The number of carbonyl (C=O) groups excluding carboxylic acids is 2. The number of benzene rings is 1. The minimum atomic E-state index is -1.03. The van der Waals surface area contributed by atoms with Gasteiger partial charge in [-0.25, -0.2) is 4.79 Å². The molecular weight excluding hydrogens is 272 g/mol. The van der Waals surface area contributed by atoms with Gasteiger partial charge < -0.3 is 15.3 Å². The molecule has 2 N–H and O–H groups in total. The van der Waals surface area contributed by atoms with E-state index in [1.54, 1.807) is 19.9 Å². The van der Waals surface area contributed by atoms with E-state index in [0.29, 0.717) is 24.2 Å². The number of carboxylic acids is 1. The molecular formula is C15H18N2O4. The van der Waals surface area contributed by atoms with Crippen molar-refractivity contribution in [3.05, 3.63) is 28.8 Å². The normalized spacial score (nSPS) is 14.4. The highest BCUT2D eigenvalue weighted by Crippen LogP contribution is 2.20. The molecule has 0 aliphatic carbocycles. The highest BCUT2D eigenvalue weighted by atomic mass is 16.4. The molecule has 0 unspecified atom stereocenters. The van der Waals surface area contributed by atoms with Crippen LogP contribution in [0.5, 0.6) is 0 Å². The van der Waals surface area contributed by atoms with Crippen LogP contribution >= 0.6 is 0 Å². The number of likely N-dealkylation sites (tertiary alicyclic amines) is 1. The van der Waals surface area contributed by atoms with E-state index in [2.05, 4.69) is 5.32 Å². The number of carbonyl (C=O) groups is 3. The molecule has 21 heavy (non-hydrogen) atoms. The van der Waals surface area contributed by atoms with Gasteiger partial charge in [0.2, 0.25) is 11.8 Å². The predicted molar refractivity (Wildman–Crippen MR) is 77.3 cm³/mol. The zero-order valence-electron chi connectivity index (χ0n) is 12.1. The second-order valence-electron chi connectivity index (χ2n) is 5.24. The number of hydrogen-bond acceptors (Lipinski definition) is 3. The maximum absolute atomic E-state index is 11.9. The summed E-state index contributed by atoms with van der Waals surface area (Å²) in [4.78, 5) is 36.1. The van der Waals surface area contributed by atoms with Gasteiger partial charge in [-0.3, -0.25) is 9.59 Å². The Bertz CT molecular complexity index is 610. The number of nitrogens with one attached hydrogen (secondary N) is 1. The molecule has 0 saturated carbocycles. The lowest BCUT2D eigenvalue weighted by Gasteiger charge is -2.16. The van der Waals surface area contributed by atoms with Gasteiger partial charge >= 0.3 is 5.97 Å². The minimum absolute atomic E-state index is 0.00810. The molecule has 1 saturated heterocycles. The Morgan fingerprint density at radius 1 is 1.33 bits per heavy atom. The topological polar surface area (TPSA) is 86.7 Å². The fourth-order valence-electron chi connectivity index (χ4n) is 2.40. The van der Waals surface area contributed by atoms with Crippen LogP contribution in [-0.2, 0) is 9.59 Å². The molecule has 1 aromatic carbocycles. The molecule has 112 valence electrons. The Balaban J connectivity index is 2.10. The molecule has 0 bridgehead atoms. The van der Waals surface area contributed by atoms with E-state index in [1.807, 2.05) is 0 Å². The lowest BCUT2D eigenvalue weighted by atomic mass is 10.0. The average molecular weight is 290 g/mol. The first-order chi connectivity index (χ1) is 9.88. The Kier molecular flexibility index (Phi) is 4.26. The van der Waals surface area contributed by atoms with Crippen LogP contribution in [0.4, 0.5) is 5.69 Å². The van der Waals surface area contributed by atoms with Gasteiger partial charge in [0.15, 0.2) is 0 Å². The third-order valence-electron chi connectivity index (χ3n) is 3.69. The third-order valence-corrected chi connectivity index (χ3v) is 3.69. The van der Waals surface area contributed by atoms with E-state index >= 15 is 0 Å². The third kappa shape index (κ3) is 3.39. The lowest BCUT2D eigenvalue weighted by molar-refractivity contribution is -0.131. The van der Waals surface area contributed by atoms with Crippen LogP contribution in [0.2, 0.25) is 0 Å². The number of anilines is 1. The van der Waals surface area contributed by atoms with Crippen molar-refractivity contribution >= 4 is 23.5 Å². The SMILES string of the molecule is Cc1cc(NC(=O)CN2CCCC2=O)cc(C(=O)O)c1C. The second kappa shape index (κ2) is 5.95. The van der Waals surface area contributed by atoms with Crippen molar-refractivity contribution in [1.82, 2.24) is 4.90 Å². The minimum Gasteiger partial charge on any atom is -0.478 e. The van der Waals surface area contributed by atoms with Gasteiger partial charge in [0.05, 0.1) is 12.1 Å². The summed E-state index contributed by atoms with van der Waals surface area (Å²) in [5.41, 5.74) is 2.08. The van der Waals surface area contributed by atoms with Crippen molar-refractivity contribution in [1.29, 1.82) is 0 Å². The number of rotatable bonds is 4. The lowest BCUT2D eigenvalue weighted by Crippen LogP contribution is -2.34. The van der Waals surface area contributed by atoms with Gasteiger partial charge in [0, 0.05) is 18.7 Å². The number of nitrogens with zero attached hydrogens (tertiary/aromatic N) is 1. The first-order valence-electron chi connectivity index (χ1n) is 6.80. The smallest absolute Gasteiger partial charge is 0.336 e. The predicted octanol–water partition coefficient (Wildman–Crippen LogP) is 1.56. The summed E-state index contributed by atoms with van der Waals surface area (Å²) >= 11 is 0. The summed E-state index contributed by atoms with van der Waals surface area (Å²) in [6, 6.07) is 3.17. The van der Waals surface area contributed by atoms with Crippen molar-refractivity contribution in [2.24, 2.45) is 0 Å². The molecule has 0 aromatic heterocycles. The average Bonchev–Trinajstić information content (AvgIpc) is 2.78. The van der Waals surface area contributed by atoms with Gasteiger partial charge in [0.1, 0.15) is 0 Å². The summed E-state index contributed by atoms with van der Waals surface area (Å²) in [6.07, 6.45) is 1.26. The fourth-order valence-corrected chi connectivity index (χ4v) is 2.40. The van der Waals surface area contributed by atoms with E-state index < -0.39 is 5.97 Å². The van der Waals surface area contributed by atoms with Crippen molar-refractivity contribution in [3.8, 4) is 0 Å². The molecule has 0 spiro atoms. The molecule has 0 radical (unpaired) electrons. The van der Waals surface area contributed by atoms with Gasteiger partial charge in [-0.05, 0) is 43.5 Å². The Labute approximate surface area is 122 Å². The van der Waals surface area contributed by atoms with Crippen LogP contribution < -0.4 is 5.32 Å². The van der Waals surface area contributed by atoms with E-state index in [9.17, 15) is 14.4 Å². The number of amides is 2. The Morgan fingerprint density at radius 3 is 2.62 bits per heavy atom. The molecule has 6 nitrogen and oxygen atoms in total.